The predicted octanol–water partition coefficient (Wildman–Crippen LogP) is 0.859. The molecule has 3 atom stereocenters. The van der Waals surface area contributed by atoms with Crippen LogP contribution in [0.2, 0.25) is 0 Å². The first-order chi connectivity index (χ1) is 9.54. The van der Waals surface area contributed by atoms with E-state index in [0.717, 1.165) is 12.8 Å². The highest BCUT2D eigenvalue weighted by Gasteiger charge is 2.49. The summed E-state index contributed by atoms with van der Waals surface area (Å²) in [6.45, 7) is 1.98. The number of nitrogens with one attached hydrogen (secondary N) is 1. The highest BCUT2D eigenvalue weighted by atomic mass is 16.5. The van der Waals surface area contributed by atoms with E-state index in [1.807, 2.05) is 4.90 Å². The number of carboxylic acid groups (broad SMARTS) is 1. The van der Waals surface area contributed by atoms with Crippen molar-refractivity contribution in [3.8, 4) is 0 Å². The van der Waals surface area contributed by atoms with Crippen molar-refractivity contribution in [2.75, 3.05) is 11.9 Å². The van der Waals surface area contributed by atoms with E-state index in [0.29, 0.717) is 18.0 Å². The summed E-state index contributed by atoms with van der Waals surface area (Å²) in [4.78, 5) is 25.2. The van der Waals surface area contributed by atoms with Crippen LogP contribution < -0.4 is 5.32 Å². The number of anilines is 1. The van der Waals surface area contributed by atoms with Gasteiger partial charge in [-0.15, -0.1) is 0 Å². The number of hydrogen-bond donors (Lipinski definition) is 2. The number of rotatable bonds is 4. The monoisotopic (exact) mass is 279 g/mol. The fourth-order valence-corrected chi connectivity index (χ4v) is 3.38. The van der Waals surface area contributed by atoms with Gasteiger partial charge in [-0.05, 0) is 26.2 Å². The van der Waals surface area contributed by atoms with Crippen LogP contribution >= 0.6 is 0 Å². The molecular formula is C13H17N3O4. The Morgan fingerprint density at radius 2 is 2.35 bits per heavy atom. The van der Waals surface area contributed by atoms with E-state index in [-0.39, 0.29) is 30.5 Å². The molecule has 0 saturated carbocycles. The third-order valence-corrected chi connectivity index (χ3v) is 4.22. The molecule has 3 heterocycles. The number of carbonyl (C=O) groups is 2. The second kappa shape index (κ2) is 4.90. The Bertz CT molecular complexity index is 541. The zero-order valence-electron chi connectivity index (χ0n) is 11.2. The molecule has 0 aliphatic carbocycles. The molecule has 7 heteroatoms. The van der Waals surface area contributed by atoms with Crippen molar-refractivity contribution < 1.29 is 19.2 Å². The molecule has 108 valence electrons. The first-order valence-corrected chi connectivity index (χ1v) is 6.76. The molecule has 2 bridgehead atoms. The number of amides is 1. The predicted molar refractivity (Wildman–Crippen MR) is 69.1 cm³/mol. The van der Waals surface area contributed by atoms with Crippen LogP contribution in [0.15, 0.2) is 10.6 Å². The maximum absolute atomic E-state index is 12.0. The van der Waals surface area contributed by atoms with Crippen LogP contribution in [0.25, 0.3) is 0 Å². The lowest BCUT2D eigenvalue weighted by atomic mass is 9.89. The number of aromatic nitrogens is 1. The van der Waals surface area contributed by atoms with E-state index in [9.17, 15) is 14.7 Å². The van der Waals surface area contributed by atoms with Gasteiger partial charge in [-0.3, -0.25) is 19.8 Å². The normalized spacial score (nSPS) is 28.8. The molecule has 0 radical (unpaired) electrons. The van der Waals surface area contributed by atoms with Crippen molar-refractivity contribution in [1.29, 1.82) is 0 Å². The largest absolute Gasteiger partial charge is 0.481 e. The lowest BCUT2D eigenvalue weighted by Crippen LogP contribution is -2.38. The Morgan fingerprint density at radius 3 is 2.95 bits per heavy atom. The Hall–Kier alpha value is -1.89. The zero-order chi connectivity index (χ0) is 14.3. The topological polar surface area (TPSA) is 95.7 Å². The molecule has 0 spiro atoms. The lowest BCUT2D eigenvalue weighted by Gasteiger charge is -2.21. The molecule has 2 saturated heterocycles. The zero-order valence-corrected chi connectivity index (χ0v) is 11.2. The summed E-state index contributed by atoms with van der Waals surface area (Å²) in [5.74, 6) is -0.958. The highest BCUT2D eigenvalue weighted by molar-refractivity contribution is 5.91. The van der Waals surface area contributed by atoms with Crippen molar-refractivity contribution in [2.24, 2.45) is 5.92 Å². The van der Waals surface area contributed by atoms with Crippen LogP contribution in [0.4, 0.5) is 5.88 Å². The first-order valence-electron chi connectivity index (χ1n) is 6.76. The van der Waals surface area contributed by atoms with Gasteiger partial charge in [0.1, 0.15) is 0 Å². The van der Waals surface area contributed by atoms with Gasteiger partial charge in [0, 0.05) is 18.2 Å². The summed E-state index contributed by atoms with van der Waals surface area (Å²) in [6, 6.07) is 1.85. The third kappa shape index (κ3) is 2.29. The summed E-state index contributed by atoms with van der Waals surface area (Å²) in [7, 11) is 0. The van der Waals surface area contributed by atoms with Gasteiger partial charge in [-0.1, -0.05) is 5.16 Å². The van der Waals surface area contributed by atoms with Gasteiger partial charge in [-0.2, -0.15) is 0 Å². The summed E-state index contributed by atoms with van der Waals surface area (Å²) in [5.41, 5.74) is 0.701. The summed E-state index contributed by atoms with van der Waals surface area (Å²) < 4.78 is 4.93. The lowest BCUT2D eigenvalue weighted by molar-refractivity contribution is -0.142. The number of aryl methyl sites for hydroxylation is 1. The Morgan fingerprint density at radius 1 is 1.55 bits per heavy atom. The highest BCUT2D eigenvalue weighted by Crippen LogP contribution is 2.41. The van der Waals surface area contributed by atoms with E-state index < -0.39 is 5.97 Å². The smallest absolute Gasteiger partial charge is 0.308 e. The molecule has 0 aromatic carbocycles. The SMILES string of the molecule is Cc1cc(NC(=O)CN2C3CCC2C(C(=O)O)C3)on1. The molecular weight excluding hydrogens is 262 g/mol. The van der Waals surface area contributed by atoms with E-state index >= 15 is 0 Å². The molecule has 2 fully saturated rings. The van der Waals surface area contributed by atoms with Gasteiger partial charge < -0.3 is 9.63 Å². The van der Waals surface area contributed by atoms with Crippen LogP contribution in [-0.4, -0.2) is 45.7 Å². The van der Waals surface area contributed by atoms with Crippen molar-refractivity contribution in [1.82, 2.24) is 10.1 Å². The molecule has 1 aromatic rings. The number of fused-ring (bicyclic) bond motifs is 2. The second-order valence-electron chi connectivity index (χ2n) is 5.53. The fraction of sp³-hybridized carbons (Fsp3) is 0.615. The van der Waals surface area contributed by atoms with Gasteiger partial charge in [0.15, 0.2) is 0 Å². The molecule has 2 N–H and O–H groups in total. The van der Waals surface area contributed by atoms with Crippen LogP contribution in [0.5, 0.6) is 0 Å². The molecule has 7 nitrogen and oxygen atoms in total. The third-order valence-electron chi connectivity index (χ3n) is 4.22. The van der Waals surface area contributed by atoms with Crippen LogP contribution in [-0.2, 0) is 9.59 Å². The molecule has 2 aliphatic rings. The summed E-state index contributed by atoms with van der Waals surface area (Å²) in [5, 5.41) is 15.5. The number of nitrogens with zero attached hydrogens (tertiary/aromatic N) is 2. The Balaban J connectivity index is 1.61. The minimum atomic E-state index is -0.756. The van der Waals surface area contributed by atoms with Crippen LogP contribution in [0, 0.1) is 12.8 Å². The van der Waals surface area contributed by atoms with E-state index in [4.69, 9.17) is 4.52 Å². The fourth-order valence-electron chi connectivity index (χ4n) is 3.38. The maximum Gasteiger partial charge on any atom is 0.308 e. The van der Waals surface area contributed by atoms with Gasteiger partial charge in [0.2, 0.25) is 11.8 Å². The van der Waals surface area contributed by atoms with Crippen molar-refractivity contribution in [3.63, 3.8) is 0 Å². The number of aliphatic carboxylic acids is 1. The maximum atomic E-state index is 12.0. The number of carboxylic acids is 1. The van der Waals surface area contributed by atoms with E-state index in [1.165, 1.54) is 0 Å². The molecule has 20 heavy (non-hydrogen) atoms. The van der Waals surface area contributed by atoms with Crippen LogP contribution in [0.1, 0.15) is 25.0 Å². The number of hydrogen-bond acceptors (Lipinski definition) is 5. The first kappa shape index (κ1) is 13.1. The summed E-state index contributed by atoms with van der Waals surface area (Å²) >= 11 is 0. The molecule has 3 rings (SSSR count). The van der Waals surface area contributed by atoms with E-state index in [2.05, 4.69) is 10.5 Å². The minimum absolute atomic E-state index is 0.0142. The molecule has 2 aliphatic heterocycles. The Kier molecular flexibility index (Phi) is 3.21. The van der Waals surface area contributed by atoms with Gasteiger partial charge in [0.05, 0.1) is 18.2 Å². The van der Waals surface area contributed by atoms with Crippen molar-refractivity contribution >= 4 is 17.8 Å². The Labute approximate surface area is 115 Å². The van der Waals surface area contributed by atoms with Gasteiger partial charge in [-0.25, -0.2) is 0 Å². The van der Waals surface area contributed by atoms with Crippen molar-refractivity contribution in [3.05, 3.63) is 11.8 Å². The number of carbonyl (C=O) groups excluding carboxylic acids is 1. The van der Waals surface area contributed by atoms with Crippen molar-refractivity contribution in [2.45, 2.75) is 38.3 Å². The quantitative estimate of drug-likeness (QED) is 0.848. The minimum Gasteiger partial charge on any atom is -0.481 e. The second-order valence-corrected chi connectivity index (χ2v) is 5.53. The molecule has 1 amide bonds. The van der Waals surface area contributed by atoms with Gasteiger partial charge >= 0.3 is 5.97 Å². The average Bonchev–Trinajstić information content (AvgIpc) is 3.05. The van der Waals surface area contributed by atoms with Gasteiger partial charge in [0.25, 0.3) is 0 Å². The molecule has 3 unspecified atom stereocenters. The summed E-state index contributed by atoms with van der Waals surface area (Å²) in [6.07, 6.45) is 2.48. The average molecular weight is 279 g/mol. The van der Waals surface area contributed by atoms with E-state index in [1.54, 1.807) is 13.0 Å². The van der Waals surface area contributed by atoms with Crippen LogP contribution in [0.3, 0.4) is 0 Å². The standard InChI is InChI=1S/C13H17N3O4/c1-7-4-12(20-15-7)14-11(17)6-16-8-2-3-10(16)9(5-8)13(18)19/h4,8-10H,2-3,5-6H2,1H3,(H,14,17)(H,18,19). The molecule has 1 aromatic heterocycles.